The van der Waals surface area contributed by atoms with Crippen molar-refractivity contribution in [3.05, 3.63) is 65.1 Å². The molecule has 0 aliphatic carbocycles. The van der Waals surface area contributed by atoms with E-state index >= 15 is 0 Å². The number of hydrogen-bond donors (Lipinski definition) is 1. The van der Waals surface area contributed by atoms with Gasteiger partial charge in [-0.25, -0.2) is 4.39 Å². The Hall–Kier alpha value is -2.20. The number of aromatic nitrogens is 2. The monoisotopic (exact) mass is 283 g/mol. The van der Waals surface area contributed by atoms with Crippen molar-refractivity contribution in [1.29, 1.82) is 0 Å². The van der Waals surface area contributed by atoms with E-state index in [0.29, 0.717) is 6.42 Å². The topological polar surface area (TPSA) is 43.8 Å². The summed E-state index contributed by atoms with van der Waals surface area (Å²) in [5.41, 5.74) is 10.2. The maximum Gasteiger partial charge on any atom is 0.123 e. The molecule has 0 saturated heterocycles. The average molecular weight is 283 g/mol. The molecule has 2 N–H and O–H groups in total. The molecule has 0 radical (unpaired) electrons. The highest BCUT2D eigenvalue weighted by Gasteiger charge is 2.15. The summed E-state index contributed by atoms with van der Waals surface area (Å²) in [6.45, 7) is 1.88. The van der Waals surface area contributed by atoms with Crippen molar-refractivity contribution in [2.24, 2.45) is 12.8 Å². The molecule has 108 valence electrons. The molecule has 1 unspecified atom stereocenters. The van der Waals surface area contributed by atoms with E-state index in [9.17, 15) is 4.39 Å². The van der Waals surface area contributed by atoms with Gasteiger partial charge < -0.3 is 5.73 Å². The quantitative estimate of drug-likeness (QED) is 0.801. The molecule has 4 heteroatoms. The fourth-order valence-electron chi connectivity index (χ4n) is 2.81. The van der Waals surface area contributed by atoms with Crippen LogP contribution in [-0.2, 0) is 13.5 Å². The zero-order valence-corrected chi connectivity index (χ0v) is 12.2. The SMILES string of the molecule is Cc1cc(F)ccc1C(N)Cc1nn(C)c2ccccc12. The Kier molecular flexibility index (Phi) is 3.47. The minimum absolute atomic E-state index is 0.191. The fourth-order valence-corrected chi connectivity index (χ4v) is 2.81. The van der Waals surface area contributed by atoms with Gasteiger partial charge in [0.05, 0.1) is 11.2 Å². The third-order valence-electron chi connectivity index (χ3n) is 3.88. The van der Waals surface area contributed by atoms with Crippen molar-refractivity contribution < 1.29 is 4.39 Å². The lowest BCUT2D eigenvalue weighted by Gasteiger charge is -2.13. The van der Waals surface area contributed by atoms with E-state index < -0.39 is 0 Å². The lowest BCUT2D eigenvalue weighted by molar-refractivity contribution is 0.621. The van der Waals surface area contributed by atoms with E-state index in [0.717, 1.165) is 27.7 Å². The second-order valence-corrected chi connectivity index (χ2v) is 5.40. The van der Waals surface area contributed by atoms with E-state index in [2.05, 4.69) is 11.2 Å². The summed E-state index contributed by atoms with van der Waals surface area (Å²) >= 11 is 0. The van der Waals surface area contributed by atoms with Gasteiger partial charge in [-0.2, -0.15) is 5.10 Å². The van der Waals surface area contributed by atoms with Gasteiger partial charge in [0.25, 0.3) is 0 Å². The average Bonchev–Trinajstić information content (AvgIpc) is 2.76. The highest BCUT2D eigenvalue weighted by Crippen LogP contribution is 2.24. The second-order valence-electron chi connectivity index (χ2n) is 5.40. The van der Waals surface area contributed by atoms with Crippen LogP contribution < -0.4 is 5.73 Å². The smallest absolute Gasteiger partial charge is 0.123 e. The Morgan fingerprint density at radius 3 is 2.76 bits per heavy atom. The van der Waals surface area contributed by atoms with Gasteiger partial charge in [-0.05, 0) is 36.2 Å². The van der Waals surface area contributed by atoms with E-state index in [-0.39, 0.29) is 11.9 Å². The summed E-state index contributed by atoms with van der Waals surface area (Å²) in [7, 11) is 1.93. The minimum Gasteiger partial charge on any atom is -0.324 e. The van der Waals surface area contributed by atoms with Crippen LogP contribution in [-0.4, -0.2) is 9.78 Å². The summed E-state index contributed by atoms with van der Waals surface area (Å²) in [4.78, 5) is 0. The molecule has 0 aliphatic heterocycles. The number of halogens is 1. The van der Waals surface area contributed by atoms with E-state index in [1.165, 1.54) is 12.1 Å². The predicted molar refractivity (Wildman–Crippen MR) is 82.5 cm³/mol. The zero-order valence-electron chi connectivity index (χ0n) is 12.2. The molecule has 1 atom stereocenters. The maximum absolute atomic E-state index is 13.2. The molecular formula is C17H18FN3. The van der Waals surface area contributed by atoms with Gasteiger partial charge in [0.1, 0.15) is 5.82 Å². The van der Waals surface area contributed by atoms with Gasteiger partial charge in [-0.1, -0.05) is 24.3 Å². The van der Waals surface area contributed by atoms with Crippen LogP contribution in [0.25, 0.3) is 10.9 Å². The van der Waals surface area contributed by atoms with Crippen molar-refractivity contribution >= 4 is 10.9 Å². The van der Waals surface area contributed by atoms with Gasteiger partial charge in [0, 0.05) is 24.9 Å². The van der Waals surface area contributed by atoms with Crippen LogP contribution in [0.1, 0.15) is 22.9 Å². The number of aryl methyl sites for hydroxylation is 2. The van der Waals surface area contributed by atoms with Crippen LogP contribution in [0.3, 0.4) is 0 Å². The van der Waals surface area contributed by atoms with E-state index in [4.69, 9.17) is 5.73 Å². The first-order valence-electron chi connectivity index (χ1n) is 6.98. The van der Waals surface area contributed by atoms with Crippen molar-refractivity contribution in [1.82, 2.24) is 9.78 Å². The number of hydrogen-bond acceptors (Lipinski definition) is 2. The first kappa shape index (κ1) is 13.8. The predicted octanol–water partition coefficient (Wildman–Crippen LogP) is 3.26. The van der Waals surface area contributed by atoms with Gasteiger partial charge >= 0.3 is 0 Å². The third-order valence-corrected chi connectivity index (χ3v) is 3.88. The molecule has 0 saturated carbocycles. The molecule has 3 nitrogen and oxygen atoms in total. The van der Waals surface area contributed by atoms with Crippen molar-refractivity contribution in [2.45, 2.75) is 19.4 Å². The van der Waals surface area contributed by atoms with Crippen molar-refractivity contribution in [3.63, 3.8) is 0 Å². The molecule has 21 heavy (non-hydrogen) atoms. The Balaban J connectivity index is 1.94. The molecule has 0 fully saturated rings. The number of nitrogens with two attached hydrogens (primary N) is 1. The number of rotatable bonds is 3. The standard InChI is InChI=1S/C17H18FN3/c1-11-9-12(18)7-8-13(11)15(19)10-16-14-5-3-4-6-17(14)21(2)20-16/h3-9,15H,10,19H2,1-2H3. The van der Waals surface area contributed by atoms with Crippen molar-refractivity contribution in [3.8, 4) is 0 Å². The van der Waals surface area contributed by atoms with Crippen LogP contribution in [0.2, 0.25) is 0 Å². The zero-order chi connectivity index (χ0) is 15.0. The van der Waals surface area contributed by atoms with Gasteiger partial charge in [0.15, 0.2) is 0 Å². The molecule has 1 aromatic heterocycles. The summed E-state index contributed by atoms with van der Waals surface area (Å²) < 4.78 is 15.1. The number of benzene rings is 2. The van der Waals surface area contributed by atoms with Crippen LogP contribution >= 0.6 is 0 Å². The summed E-state index contributed by atoms with van der Waals surface area (Å²) in [5, 5.41) is 5.69. The normalized spacial score (nSPS) is 12.8. The Morgan fingerprint density at radius 1 is 1.24 bits per heavy atom. The molecule has 1 heterocycles. The Labute approximate surface area is 123 Å². The molecule has 3 rings (SSSR count). The van der Waals surface area contributed by atoms with Crippen LogP contribution in [0.5, 0.6) is 0 Å². The largest absolute Gasteiger partial charge is 0.324 e. The maximum atomic E-state index is 13.2. The third kappa shape index (κ3) is 2.54. The molecule has 3 aromatic rings. The second kappa shape index (κ2) is 5.30. The number of nitrogens with zero attached hydrogens (tertiary/aromatic N) is 2. The van der Waals surface area contributed by atoms with Crippen molar-refractivity contribution in [2.75, 3.05) is 0 Å². The first-order chi connectivity index (χ1) is 10.1. The highest BCUT2D eigenvalue weighted by molar-refractivity contribution is 5.81. The Morgan fingerprint density at radius 2 is 2.00 bits per heavy atom. The summed E-state index contributed by atoms with van der Waals surface area (Å²) in [5.74, 6) is -0.230. The first-order valence-corrected chi connectivity index (χ1v) is 6.98. The molecule has 0 bridgehead atoms. The number of fused-ring (bicyclic) bond motifs is 1. The Bertz CT molecular complexity index is 792. The number of para-hydroxylation sites is 1. The molecule has 0 spiro atoms. The lowest BCUT2D eigenvalue weighted by Crippen LogP contribution is -2.15. The molecule has 0 aliphatic rings. The molecular weight excluding hydrogens is 265 g/mol. The van der Waals surface area contributed by atoms with E-state index in [1.807, 2.05) is 36.9 Å². The van der Waals surface area contributed by atoms with Gasteiger partial charge in [-0.3, -0.25) is 4.68 Å². The van der Waals surface area contributed by atoms with Crippen LogP contribution in [0, 0.1) is 12.7 Å². The highest BCUT2D eigenvalue weighted by atomic mass is 19.1. The fraction of sp³-hybridized carbons (Fsp3) is 0.235. The summed E-state index contributed by atoms with van der Waals surface area (Å²) in [6.07, 6.45) is 0.633. The van der Waals surface area contributed by atoms with Crippen LogP contribution in [0.4, 0.5) is 4.39 Å². The van der Waals surface area contributed by atoms with E-state index in [1.54, 1.807) is 6.07 Å². The minimum atomic E-state index is -0.230. The summed E-state index contributed by atoms with van der Waals surface area (Å²) in [6, 6.07) is 12.6. The molecule has 2 aromatic carbocycles. The van der Waals surface area contributed by atoms with Gasteiger partial charge in [-0.15, -0.1) is 0 Å². The molecule has 0 amide bonds. The lowest BCUT2D eigenvalue weighted by atomic mass is 9.97. The van der Waals surface area contributed by atoms with Crippen LogP contribution in [0.15, 0.2) is 42.5 Å². The van der Waals surface area contributed by atoms with Gasteiger partial charge in [0.2, 0.25) is 0 Å².